The highest BCUT2D eigenvalue weighted by Crippen LogP contribution is 2.22. The fourth-order valence-electron chi connectivity index (χ4n) is 1.85. The van der Waals surface area contributed by atoms with Crippen molar-refractivity contribution < 1.29 is 9.53 Å². The maximum Gasteiger partial charge on any atom is 0.310 e. The molecular formula is C10H14N4O2. The number of hydrogen-bond acceptors (Lipinski definition) is 6. The second kappa shape index (κ2) is 4.34. The molecule has 2 heterocycles. The van der Waals surface area contributed by atoms with Gasteiger partial charge in [-0.25, -0.2) is 4.98 Å². The number of carbonyl (C=O) groups is 1. The molecule has 6 nitrogen and oxygen atoms in total. The van der Waals surface area contributed by atoms with Crippen molar-refractivity contribution in [2.45, 2.75) is 6.42 Å². The Kier molecular flexibility index (Phi) is 2.89. The number of ether oxygens (including phenoxy) is 1. The van der Waals surface area contributed by atoms with E-state index in [-0.39, 0.29) is 11.9 Å². The van der Waals surface area contributed by atoms with E-state index in [4.69, 9.17) is 10.5 Å². The van der Waals surface area contributed by atoms with Crippen LogP contribution in [0.25, 0.3) is 0 Å². The van der Waals surface area contributed by atoms with Gasteiger partial charge in [0.25, 0.3) is 0 Å². The van der Waals surface area contributed by atoms with Crippen LogP contribution in [0.1, 0.15) is 6.42 Å². The summed E-state index contributed by atoms with van der Waals surface area (Å²) in [7, 11) is 1.41. The van der Waals surface area contributed by atoms with Crippen molar-refractivity contribution in [3.05, 3.63) is 12.4 Å². The van der Waals surface area contributed by atoms with Crippen molar-refractivity contribution in [2.24, 2.45) is 5.92 Å². The summed E-state index contributed by atoms with van der Waals surface area (Å²) in [6.07, 6.45) is 3.93. The minimum absolute atomic E-state index is 0.0757. The minimum atomic E-state index is -0.167. The molecule has 0 spiro atoms. The van der Waals surface area contributed by atoms with Crippen LogP contribution in [0.3, 0.4) is 0 Å². The van der Waals surface area contributed by atoms with Crippen LogP contribution in [-0.4, -0.2) is 36.1 Å². The van der Waals surface area contributed by atoms with Crippen molar-refractivity contribution >= 4 is 17.6 Å². The Morgan fingerprint density at radius 1 is 1.62 bits per heavy atom. The number of nitrogens with zero attached hydrogens (tertiary/aromatic N) is 3. The quantitative estimate of drug-likeness (QED) is 0.712. The molecule has 1 aromatic rings. The van der Waals surface area contributed by atoms with Gasteiger partial charge in [0.15, 0.2) is 0 Å². The van der Waals surface area contributed by atoms with Gasteiger partial charge >= 0.3 is 5.97 Å². The first-order chi connectivity index (χ1) is 7.70. The van der Waals surface area contributed by atoms with E-state index in [0.29, 0.717) is 18.2 Å². The molecule has 1 atom stereocenters. The Morgan fingerprint density at radius 2 is 2.44 bits per heavy atom. The van der Waals surface area contributed by atoms with Gasteiger partial charge in [0.1, 0.15) is 11.6 Å². The Bertz CT molecular complexity index is 396. The Balaban J connectivity index is 2.06. The molecule has 1 saturated heterocycles. The zero-order chi connectivity index (χ0) is 11.5. The lowest BCUT2D eigenvalue weighted by molar-refractivity contribution is -0.144. The maximum absolute atomic E-state index is 11.3. The summed E-state index contributed by atoms with van der Waals surface area (Å²) in [5.74, 6) is 0.859. The SMILES string of the molecule is COC(=O)C1CCN(c2cncc(N)n2)C1. The predicted molar refractivity (Wildman–Crippen MR) is 58.8 cm³/mol. The molecule has 0 saturated carbocycles. The highest BCUT2D eigenvalue weighted by Gasteiger charge is 2.29. The highest BCUT2D eigenvalue weighted by atomic mass is 16.5. The topological polar surface area (TPSA) is 81.3 Å². The van der Waals surface area contributed by atoms with E-state index in [1.807, 2.05) is 4.90 Å². The van der Waals surface area contributed by atoms with E-state index < -0.39 is 0 Å². The van der Waals surface area contributed by atoms with Gasteiger partial charge in [0.05, 0.1) is 25.4 Å². The van der Waals surface area contributed by atoms with Crippen molar-refractivity contribution in [1.82, 2.24) is 9.97 Å². The van der Waals surface area contributed by atoms with E-state index in [2.05, 4.69) is 9.97 Å². The third kappa shape index (κ3) is 2.05. The summed E-state index contributed by atoms with van der Waals surface area (Å²) >= 11 is 0. The molecule has 0 aromatic carbocycles. The summed E-state index contributed by atoms with van der Waals surface area (Å²) in [6, 6.07) is 0. The van der Waals surface area contributed by atoms with Gasteiger partial charge in [-0.15, -0.1) is 0 Å². The molecule has 1 aliphatic rings. The monoisotopic (exact) mass is 222 g/mol. The van der Waals surface area contributed by atoms with Crippen molar-refractivity contribution in [3.8, 4) is 0 Å². The van der Waals surface area contributed by atoms with E-state index >= 15 is 0 Å². The summed E-state index contributed by atoms with van der Waals surface area (Å²) in [4.78, 5) is 21.5. The molecule has 16 heavy (non-hydrogen) atoms. The van der Waals surface area contributed by atoms with Gasteiger partial charge in [-0.05, 0) is 6.42 Å². The molecule has 2 rings (SSSR count). The average Bonchev–Trinajstić information content (AvgIpc) is 2.77. The van der Waals surface area contributed by atoms with Crippen LogP contribution in [0.2, 0.25) is 0 Å². The number of hydrogen-bond donors (Lipinski definition) is 1. The second-order valence-electron chi connectivity index (χ2n) is 3.76. The van der Waals surface area contributed by atoms with E-state index in [9.17, 15) is 4.79 Å². The normalized spacial score (nSPS) is 19.8. The molecule has 0 bridgehead atoms. The number of rotatable bonds is 2. The minimum Gasteiger partial charge on any atom is -0.469 e. The molecule has 1 fully saturated rings. The zero-order valence-electron chi connectivity index (χ0n) is 9.09. The molecule has 0 amide bonds. The Labute approximate surface area is 93.4 Å². The smallest absolute Gasteiger partial charge is 0.310 e. The molecular weight excluding hydrogens is 208 g/mol. The Hall–Kier alpha value is -1.85. The van der Waals surface area contributed by atoms with Crippen LogP contribution in [0.5, 0.6) is 0 Å². The summed E-state index contributed by atoms with van der Waals surface area (Å²) < 4.78 is 4.72. The lowest BCUT2D eigenvalue weighted by Gasteiger charge is -2.16. The fourth-order valence-corrected chi connectivity index (χ4v) is 1.85. The van der Waals surface area contributed by atoms with Crippen molar-refractivity contribution in [3.63, 3.8) is 0 Å². The van der Waals surface area contributed by atoms with E-state index in [1.165, 1.54) is 13.3 Å². The summed E-state index contributed by atoms with van der Waals surface area (Å²) in [5.41, 5.74) is 5.55. The van der Waals surface area contributed by atoms with Gasteiger partial charge in [0, 0.05) is 13.1 Å². The lowest BCUT2D eigenvalue weighted by atomic mass is 10.1. The largest absolute Gasteiger partial charge is 0.469 e. The fraction of sp³-hybridized carbons (Fsp3) is 0.500. The number of nitrogens with two attached hydrogens (primary N) is 1. The third-order valence-corrected chi connectivity index (χ3v) is 2.69. The number of aromatic nitrogens is 2. The maximum atomic E-state index is 11.3. The van der Waals surface area contributed by atoms with Crippen LogP contribution >= 0.6 is 0 Å². The molecule has 1 unspecified atom stereocenters. The number of anilines is 2. The predicted octanol–water partition coefficient (Wildman–Crippen LogP) is 0.0581. The molecule has 86 valence electrons. The standard InChI is InChI=1S/C10H14N4O2/c1-16-10(15)7-2-3-14(6-7)9-5-12-4-8(11)13-9/h4-5,7H,2-3,6H2,1H3,(H2,11,13). The zero-order valence-corrected chi connectivity index (χ0v) is 9.09. The van der Waals surface area contributed by atoms with Crippen molar-refractivity contribution in [1.29, 1.82) is 0 Å². The first-order valence-electron chi connectivity index (χ1n) is 5.11. The van der Waals surface area contributed by atoms with Gasteiger partial charge in [-0.3, -0.25) is 9.78 Å². The number of nitrogen functional groups attached to an aromatic ring is 1. The first kappa shape index (κ1) is 10.7. The number of carbonyl (C=O) groups excluding carboxylic acids is 1. The molecule has 0 radical (unpaired) electrons. The van der Waals surface area contributed by atoms with E-state index in [1.54, 1.807) is 6.20 Å². The van der Waals surface area contributed by atoms with E-state index in [0.717, 1.165) is 13.0 Å². The van der Waals surface area contributed by atoms with Gasteiger partial charge in [-0.2, -0.15) is 0 Å². The molecule has 1 aliphatic heterocycles. The van der Waals surface area contributed by atoms with Gasteiger partial charge in [-0.1, -0.05) is 0 Å². The van der Waals surface area contributed by atoms with Crippen LogP contribution < -0.4 is 10.6 Å². The molecule has 2 N–H and O–H groups in total. The molecule has 1 aromatic heterocycles. The number of methoxy groups -OCH3 is 1. The average molecular weight is 222 g/mol. The Morgan fingerprint density at radius 3 is 3.12 bits per heavy atom. The molecule has 6 heteroatoms. The molecule has 0 aliphatic carbocycles. The van der Waals surface area contributed by atoms with Crippen LogP contribution in [0.15, 0.2) is 12.4 Å². The third-order valence-electron chi connectivity index (χ3n) is 2.69. The number of esters is 1. The summed E-state index contributed by atoms with van der Waals surface area (Å²) in [5, 5.41) is 0. The summed E-state index contributed by atoms with van der Waals surface area (Å²) in [6.45, 7) is 1.39. The van der Waals surface area contributed by atoms with Crippen LogP contribution in [0, 0.1) is 5.92 Å². The first-order valence-corrected chi connectivity index (χ1v) is 5.11. The van der Waals surface area contributed by atoms with Crippen LogP contribution in [0.4, 0.5) is 11.6 Å². The lowest BCUT2D eigenvalue weighted by Crippen LogP contribution is -2.24. The highest BCUT2D eigenvalue weighted by molar-refractivity contribution is 5.74. The van der Waals surface area contributed by atoms with Crippen LogP contribution in [-0.2, 0) is 9.53 Å². The second-order valence-corrected chi connectivity index (χ2v) is 3.76. The van der Waals surface area contributed by atoms with Gasteiger partial charge < -0.3 is 15.4 Å². The van der Waals surface area contributed by atoms with Gasteiger partial charge in [0.2, 0.25) is 0 Å². The van der Waals surface area contributed by atoms with Crippen molar-refractivity contribution in [2.75, 3.05) is 30.8 Å².